The lowest BCUT2D eigenvalue weighted by atomic mass is 10.0. The van der Waals surface area contributed by atoms with E-state index in [2.05, 4.69) is 0 Å². The minimum atomic E-state index is -0.00198. The molecule has 0 N–H and O–H groups in total. The second kappa shape index (κ2) is 6.61. The fourth-order valence-electron chi connectivity index (χ4n) is 1.11. The zero-order valence-corrected chi connectivity index (χ0v) is 9.98. The van der Waals surface area contributed by atoms with E-state index in [9.17, 15) is 4.79 Å². The summed E-state index contributed by atoms with van der Waals surface area (Å²) in [6, 6.07) is 5.80. The van der Waals surface area contributed by atoms with Gasteiger partial charge in [0.2, 0.25) is 0 Å². The number of hydrogen-bond acceptors (Lipinski definition) is 1. The monoisotopic (exact) mass is 212 g/mol. The number of rotatable bonds is 2. The number of hydrogen-bond donors (Lipinski definition) is 0. The Labute approximate surface area is 91.1 Å². The number of benzene rings is 1. The zero-order valence-electron chi connectivity index (χ0n) is 9.23. The maximum atomic E-state index is 11.3. The zero-order chi connectivity index (χ0) is 11.1. The molecule has 1 aromatic carbocycles. The molecule has 0 amide bonds. The molecular weight excluding hydrogens is 196 g/mol. The molecule has 0 spiro atoms. The molecule has 0 saturated heterocycles. The van der Waals surface area contributed by atoms with E-state index in [4.69, 9.17) is 11.6 Å². The molecule has 0 heterocycles. The van der Waals surface area contributed by atoms with Gasteiger partial charge in [0.15, 0.2) is 5.78 Å². The van der Waals surface area contributed by atoms with E-state index in [1.165, 1.54) is 0 Å². The van der Waals surface area contributed by atoms with E-state index in [0.717, 1.165) is 16.7 Å². The normalized spacial score (nSPS) is 8.93. The minimum absolute atomic E-state index is 0.00198. The van der Waals surface area contributed by atoms with Crippen molar-refractivity contribution in [2.24, 2.45) is 0 Å². The third-order valence-corrected chi connectivity index (χ3v) is 2.06. The molecule has 0 unspecified atom stereocenters. The van der Waals surface area contributed by atoms with Crippen molar-refractivity contribution in [2.45, 2.75) is 27.7 Å². The third-order valence-electron chi connectivity index (χ3n) is 1.81. The van der Waals surface area contributed by atoms with Gasteiger partial charge < -0.3 is 0 Å². The van der Waals surface area contributed by atoms with Crippen LogP contribution in [0.4, 0.5) is 0 Å². The van der Waals surface area contributed by atoms with Gasteiger partial charge in [-0.05, 0) is 25.5 Å². The van der Waals surface area contributed by atoms with Gasteiger partial charge in [-0.25, -0.2) is 0 Å². The highest BCUT2D eigenvalue weighted by Crippen LogP contribution is 2.11. The van der Waals surface area contributed by atoms with Gasteiger partial charge in [-0.3, -0.25) is 4.79 Å². The van der Waals surface area contributed by atoms with Gasteiger partial charge in [-0.15, -0.1) is 11.6 Å². The Kier molecular flexibility index (Phi) is 6.22. The number of carbonyl (C=O) groups excluding carboxylic acids is 1. The van der Waals surface area contributed by atoms with Crippen molar-refractivity contribution in [3.63, 3.8) is 0 Å². The lowest BCUT2D eigenvalue weighted by molar-refractivity contribution is 0.102. The second-order valence-electron chi connectivity index (χ2n) is 2.88. The Morgan fingerprint density at radius 3 is 2.36 bits per heavy atom. The minimum Gasteiger partial charge on any atom is -0.293 e. The first-order chi connectivity index (χ1) is 6.65. The highest BCUT2D eigenvalue weighted by Gasteiger charge is 2.06. The van der Waals surface area contributed by atoms with Crippen molar-refractivity contribution in [1.82, 2.24) is 0 Å². The van der Waals surface area contributed by atoms with Crippen LogP contribution >= 0.6 is 11.6 Å². The maximum Gasteiger partial charge on any atom is 0.177 e. The van der Waals surface area contributed by atoms with Crippen LogP contribution in [0.3, 0.4) is 0 Å². The van der Waals surface area contributed by atoms with Gasteiger partial charge in [0.05, 0.1) is 5.88 Å². The van der Waals surface area contributed by atoms with Crippen LogP contribution in [0.2, 0.25) is 0 Å². The predicted octanol–water partition coefficient (Wildman–Crippen LogP) is 3.75. The molecule has 0 aliphatic carbocycles. The summed E-state index contributed by atoms with van der Waals surface area (Å²) in [5.74, 6) is 0.0578. The third kappa shape index (κ3) is 3.51. The van der Waals surface area contributed by atoms with Crippen LogP contribution in [0.15, 0.2) is 18.2 Å². The average molecular weight is 213 g/mol. The predicted molar refractivity (Wildman–Crippen MR) is 62.3 cm³/mol. The SMILES string of the molecule is CC.Cc1ccc(C)c(C(=O)CCl)c1. The Morgan fingerprint density at radius 1 is 1.29 bits per heavy atom. The highest BCUT2D eigenvalue weighted by molar-refractivity contribution is 6.30. The van der Waals surface area contributed by atoms with Crippen LogP contribution in [0, 0.1) is 13.8 Å². The lowest BCUT2D eigenvalue weighted by Crippen LogP contribution is -2.02. The largest absolute Gasteiger partial charge is 0.293 e. The first kappa shape index (κ1) is 13.2. The molecule has 0 bridgehead atoms. The van der Waals surface area contributed by atoms with Crippen LogP contribution in [-0.4, -0.2) is 11.7 Å². The Morgan fingerprint density at radius 2 is 1.86 bits per heavy atom. The van der Waals surface area contributed by atoms with Crippen LogP contribution in [0.25, 0.3) is 0 Å². The van der Waals surface area contributed by atoms with E-state index in [1.807, 2.05) is 45.9 Å². The smallest absolute Gasteiger partial charge is 0.177 e. The van der Waals surface area contributed by atoms with E-state index in [0.29, 0.717) is 0 Å². The maximum absolute atomic E-state index is 11.3. The van der Waals surface area contributed by atoms with Crippen molar-refractivity contribution in [1.29, 1.82) is 0 Å². The topological polar surface area (TPSA) is 17.1 Å². The summed E-state index contributed by atoms with van der Waals surface area (Å²) in [5, 5.41) is 0. The molecule has 0 aromatic heterocycles. The summed E-state index contributed by atoms with van der Waals surface area (Å²) >= 11 is 5.46. The quantitative estimate of drug-likeness (QED) is 0.539. The van der Waals surface area contributed by atoms with Gasteiger partial charge in [0.25, 0.3) is 0 Å². The molecule has 0 aliphatic rings. The number of ketones is 1. The number of alkyl halides is 1. The molecule has 14 heavy (non-hydrogen) atoms. The summed E-state index contributed by atoms with van der Waals surface area (Å²) in [4.78, 5) is 11.3. The fraction of sp³-hybridized carbons (Fsp3) is 0.417. The molecular formula is C12H17ClO. The lowest BCUT2D eigenvalue weighted by Gasteiger charge is -2.02. The average Bonchev–Trinajstić information content (AvgIpc) is 2.23. The van der Waals surface area contributed by atoms with E-state index < -0.39 is 0 Å². The summed E-state index contributed by atoms with van der Waals surface area (Å²) in [6.45, 7) is 7.88. The molecule has 0 radical (unpaired) electrons. The number of Topliss-reactive ketones (excluding diaryl/α,β-unsaturated/α-hetero) is 1. The molecule has 0 atom stereocenters. The highest BCUT2D eigenvalue weighted by atomic mass is 35.5. The van der Waals surface area contributed by atoms with Gasteiger partial charge >= 0.3 is 0 Å². The number of aryl methyl sites for hydroxylation is 2. The molecule has 1 nitrogen and oxygen atoms in total. The van der Waals surface area contributed by atoms with Crippen molar-refractivity contribution in [2.75, 3.05) is 5.88 Å². The van der Waals surface area contributed by atoms with Gasteiger partial charge in [0.1, 0.15) is 0 Å². The summed E-state index contributed by atoms with van der Waals surface area (Å²) in [5.41, 5.74) is 2.82. The molecule has 2 heteroatoms. The van der Waals surface area contributed by atoms with Crippen molar-refractivity contribution < 1.29 is 4.79 Å². The van der Waals surface area contributed by atoms with Gasteiger partial charge in [-0.2, -0.15) is 0 Å². The van der Waals surface area contributed by atoms with Gasteiger partial charge in [0, 0.05) is 5.56 Å². The summed E-state index contributed by atoms with van der Waals surface area (Å²) in [6.07, 6.45) is 0. The molecule has 0 aliphatic heterocycles. The van der Waals surface area contributed by atoms with Crippen LogP contribution in [-0.2, 0) is 0 Å². The first-order valence-electron chi connectivity index (χ1n) is 4.81. The molecule has 1 rings (SSSR count). The van der Waals surface area contributed by atoms with Gasteiger partial charge in [-0.1, -0.05) is 31.5 Å². The Hall–Kier alpha value is -0.820. The first-order valence-corrected chi connectivity index (χ1v) is 5.35. The molecule has 0 saturated carbocycles. The van der Waals surface area contributed by atoms with Crippen molar-refractivity contribution >= 4 is 17.4 Å². The van der Waals surface area contributed by atoms with Crippen molar-refractivity contribution in [3.8, 4) is 0 Å². The molecule has 1 aromatic rings. The molecule has 78 valence electrons. The number of halogens is 1. The summed E-state index contributed by atoms with van der Waals surface area (Å²) < 4.78 is 0. The second-order valence-corrected chi connectivity index (χ2v) is 3.14. The standard InChI is InChI=1S/C10H11ClO.C2H6/c1-7-3-4-8(2)9(5-7)10(12)6-11;1-2/h3-5H,6H2,1-2H3;1-2H3. The van der Waals surface area contributed by atoms with E-state index in [-0.39, 0.29) is 11.7 Å². The van der Waals surface area contributed by atoms with Crippen LogP contribution in [0.5, 0.6) is 0 Å². The summed E-state index contributed by atoms with van der Waals surface area (Å²) in [7, 11) is 0. The van der Waals surface area contributed by atoms with Crippen LogP contribution < -0.4 is 0 Å². The number of carbonyl (C=O) groups is 1. The Balaban J connectivity index is 0.000000791. The van der Waals surface area contributed by atoms with E-state index in [1.54, 1.807) is 0 Å². The van der Waals surface area contributed by atoms with Crippen LogP contribution in [0.1, 0.15) is 35.3 Å². The molecule has 0 fully saturated rings. The fourth-order valence-corrected chi connectivity index (χ4v) is 1.25. The van der Waals surface area contributed by atoms with Crippen molar-refractivity contribution in [3.05, 3.63) is 34.9 Å². The Bertz CT molecular complexity index is 305. The van der Waals surface area contributed by atoms with E-state index >= 15 is 0 Å².